The van der Waals surface area contributed by atoms with E-state index in [1.54, 1.807) is 11.8 Å². The fourth-order valence-electron chi connectivity index (χ4n) is 2.27. The van der Waals surface area contributed by atoms with E-state index in [1.165, 1.54) is 10.5 Å². The molecule has 4 heteroatoms. The van der Waals surface area contributed by atoms with Crippen LogP contribution in [0.3, 0.4) is 0 Å². The molecule has 3 aromatic rings. The predicted octanol–water partition coefficient (Wildman–Crippen LogP) is 4.47. The number of benzene rings is 2. The lowest BCUT2D eigenvalue weighted by Crippen LogP contribution is -2.03. The minimum atomic E-state index is 0.659. The molecular formula is C16H15ClN2S. The van der Waals surface area contributed by atoms with E-state index in [0.717, 1.165) is 27.2 Å². The second kappa shape index (κ2) is 5.92. The Hall–Kier alpha value is -1.42. The first-order chi connectivity index (χ1) is 9.79. The van der Waals surface area contributed by atoms with Gasteiger partial charge >= 0.3 is 0 Å². The Morgan fingerprint density at radius 1 is 1.05 bits per heavy atom. The van der Waals surface area contributed by atoms with Crippen molar-refractivity contribution in [3.63, 3.8) is 0 Å². The van der Waals surface area contributed by atoms with E-state index in [4.69, 9.17) is 17.3 Å². The summed E-state index contributed by atoms with van der Waals surface area (Å²) in [5, 5.41) is 1.87. The first-order valence-electron chi connectivity index (χ1n) is 6.51. The van der Waals surface area contributed by atoms with Crippen molar-refractivity contribution in [2.24, 2.45) is 5.73 Å². The summed E-state index contributed by atoms with van der Waals surface area (Å²) >= 11 is 8.05. The highest BCUT2D eigenvalue weighted by Gasteiger charge is 2.10. The molecular weight excluding hydrogens is 288 g/mol. The topological polar surface area (TPSA) is 41.8 Å². The quantitative estimate of drug-likeness (QED) is 0.746. The number of nitrogens with two attached hydrogens (primary N) is 1. The van der Waals surface area contributed by atoms with E-state index in [2.05, 4.69) is 29.2 Å². The Morgan fingerprint density at radius 3 is 2.75 bits per heavy atom. The van der Waals surface area contributed by atoms with Crippen LogP contribution >= 0.6 is 23.4 Å². The molecule has 0 aliphatic heterocycles. The normalized spacial score (nSPS) is 11.1. The maximum absolute atomic E-state index is 6.32. The van der Waals surface area contributed by atoms with E-state index < -0.39 is 0 Å². The fraction of sp³-hybridized carbons (Fsp3) is 0.125. The number of rotatable bonds is 4. The largest absolute Gasteiger partial charge is 0.360 e. The summed E-state index contributed by atoms with van der Waals surface area (Å²) in [6, 6.07) is 14.3. The second-order valence-electron chi connectivity index (χ2n) is 4.56. The van der Waals surface area contributed by atoms with Crippen LogP contribution < -0.4 is 5.73 Å². The number of aromatic amines is 1. The average molecular weight is 303 g/mol. The molecule has 0 saturated heterocycles. The molecule has 0 aliphatic carbocycles. The van der Waals surface area contributed by atoms with Gasteiger partial charge in [0.15, 0.2) is 0 Å². The van der Waals surface area contributed by atoms with Crippen molar-refractivity contribution in [1.29, 1.82) is 0 Å². The molecule has 0 saturated carbocycles. The van der Waals surface area contributed by atoms with Crippen LogP contribution in [-0.2, 0) is 6.42 Å². The van der Waals surface area contributed by atoms with Gasteiger partial charge in [0.1, 0.15) is 0 Å². The van der Waals surface area contributed by atoms with Crippen molar-refractivity contribution in [1.82, 2.24) is 4.98 Å². The molecule has 0 atom stereocenters. The molecule has 0 spiro atoms. The molecule has 0 aliphatic rings. The lowest BCUT2D eigenvalue weighted by Gasteiger charge is -2.07. The highest BCUT2D eigenvalue weighted by atomic mass is 35.5. The zero-order chi connectivity index (χ0) is 13.9. The van der Waals surface area contributed by atoms with Crippen molar-refractivity contribution >= 4 is 34.3 Å². The highest BCUT2D eigenvalue weighted by Crippen LogP contribution is 2.38. The maximum Gasteiger partial charge on any atom is 0.0511 e. The zero-order valence-corrected chi connectivity index (χ0v) is 12.5. The van der Waals surface area contributed by atoms with Crippen LogP contribution in [0.4, 0.5) is 0 Å². The van der Waals surface area contributed by atoms with Crippen LogP contribution in [0.25, 0.3) is 10.9 Å². The number of nitrogens with one attached hydrogen (secondary N) is 1. The molecule has 0 amide bonds. The Kier molecular flexibility index (Phi) is 4.01. The number of hydrogen-bond donors (Lipinski definition) is 2. The zero-order valence-electron chi connectivity index (χ0n) is 10.9. The van der Waals surface area contributed by atoms with E-state index in [0.29, 0.717) is 6.54 Å². The van der Waals surface area contributed by atoms with Crippen LogP contribution in [0.2, 0.25) is 5.02 Å². The minimum absolute atomic E-state index is 0.659. The average Bonchev–Trinajstić information content (AvgIpc) is 2.86. The lowest BCUT2D eigenvalue weighted by molar-refractivity contribution is 0.944. The molecule has 1 heterocycles. The van der Waals surface area contributed by atoms with Crippen molar-refractivity contribution in [2.45, 2.75) is 16.2 Å². The van der Waals surface area contributed by atoms with Crippen LogP contribution in [0.1, 0.15) is 5.56 Å². The Labute approximate surface area is 127 Å². The lowest BCUT2D eigenvalue weighted by atomic mass is 10.1. The van der Waals surface area contributed by atoms with Crippen molar-refractivity contribution < 1.29 is 0 Å². The van der Waals surface area contributed by atoms with E-state index in [-0.39, 0.29) is 0 Å². The summed E-state index contributed by atoms with van der Waals surface area (Å²) in [7, 11) is 0. The standard InChI is InChI=1S/C16H15ClN2S/c17-12-5-3-6-13-16(12)15(10-19-13)20-14-7-2-1-4-11(14)8-9-18/h1-7,10,19H,8-9,18H2. The first-order valence-corrected chi connectivity index (χ1v) is 7.70. The summed E-state index contributed by atoms with van der Waals surface area (Å²) in [5.41, 5.74) is 8.03. The minimum Gasteiger partial charge on any atom is -0.360 e. The van der Waals surface area contributed by atoms with E-state index >= 15 is 0 Å². The molecule has 1 aromatic heterocycles. The fourth-order valence-corrected chi connectivity index (χ4v) is 3.73. The smallest absolute Gasteiger partial charge is 0.0511 e. The second-order valence-corrected chi connectivity index (χ2v) is 6.05. The molecule has 0 unspecified atom stereocenters. The molecule has 20 heavy (non-hydrogen) atoms. The Morgan fingerprint density at radius 2 is 1.90 bits per heavy atom. The third-order valence-corrected chi connectivity index (χ3v) is 4.70. The van der Waals surface area contributed by atoms with E-state index in [9.17, 15) is 0 Å². The molecule has 0 radical (unpaired) electrons. The van der Waals surface area contributed by atoms with Crippen molar-refractivity contribution in [3.8, 4) is 0 Å². The summed E-state index contributed by atoms with van der Waals surface area (Å²) in [6.45, 7) is 0.659. The molecule has 0 fully saturated rings. The number of H-pyrrole nitrogens is 1. The van der Waals surface area contributed by atoms with Crippen molar-refractivity contribution in [2.75, 3.05) is 6.54 Å². The predicted molar refractivity (Wildman–Crippen MR) is 86.6 cm³/mol. The SMILES string of the molecule is NCCc1ccccc1Sc1c[nH]c2cccc(Cl)c12. The third-order valence-electron chi connectivity index (χ3n) is 3.22. The number of aromatic nitrogens is 1. The van der Waals surface area contributed by atoms with Gasteiger partial charge in [0.25, 0.3) is 0 Å². The maximum atomic E-state index is 6.32. The monoisotopic (exact) mass is 302 g/mol. The van der Waals surface area contributed by atoms with Gasteiger partial charge in [-0.05, 0) is 36.7 Å². The summed E-state index contributed by atoms with van der Waals surface area (Å²) in [5.74, 6) is 0. The first kappa shape index (κ1) is 13.6. The molecule has 2 nitrogen and oxygen atoms in total. The highest BCUT2D eigenvalue weighted by molar-refractivity contribution is 7.99. The van der Waals surface area contributed by atoms with Gasteiger partial charge < -0.3 is 10.7 Å². The van der Waals surface area contributed by atoms with Crippen LogP contribution in [0.5, 0.6) is 0 Å². The number of halogens is 1. The van der Waals surface area contributed by atoms with Crippen LogP contribution in [0.15, 0.2) is 58.5 Å². The number of fused-ring (bicyclic) bond motifs is 1. The summed E-state index contributed by atoms with van der Waals surface area (Å²) in [6.07, 6.45) is 2.90. The molecule has 102 valence electrons. The van der Waals surface area contributed by atoms with E-state index in [1.807, 2.05) is 24.4 Å². The van der Waals surface area contributed by atoms with Crippen LogP contribution in [-0.4, -0.2) is 11.5 Å². The van der Waals surface area contributed by atoms with Gasteiger partial charge in [-0.1, -0.05) is 47.6 Å². The Bertz CT molecular complexity index is 736. The summed E-state index contributed by atoms with van der Waals surface area (Å²) in [4.78, 5) is 5.65. The molecule has 3 N–H and O–H groups in total. The summed E-state index contributed by atoms with van der Waals surface area (Å²) < 4.78 is 0. The van der Waals surface area contributed by atoms with Gasteiger partial charge in [0.2, 0.25) is 0 Å². The number of hydrogen-bond acceptors (Lipinski definition) is 2. The van der Waals surface area contributed by atoms with Gasteiger partial charge in [-0.2, -0.15) is 0 Å². The molecule has 2 aromatic carbocycles. The third kappa shape index (κ3) is 2.57. The molecule has 0 bridgehead atoms. The van der Waals surface area contributed by atoms with Crippen molar-refractivity contribution in [3.05, 3.63) is 59.2 Å². The van der Waals surface area contributed by atoms with Crippen LogP contribution in [0, 0.1) is 0 Å². The van der Waals surface area contributed by atoms with Gasteiger partial charge in [0, 0.05) is 26.9 Å². The van der Waals surface area contributed by atoms with Gasteiger partial charge in [-0.3, -0.25) is 0 Å². The molecule has 3 rings (SSSR count). The Balaban J connectivity index is 2.02. The van der Waals surface area contributed by atoms with Gasteiger partial charge in [0.05, 0.1) is 5.02 Å². The van der Waals surface area contributed by atoms with Gasteiger partial charge in [-0.25, -0.2) is 0 Å². The van der Waals surface area contributed by atoms with Gasteiger partial charge in [-0.15, -0.1) is 0 Å².